The molecule has 2 N–H and O–H groups in total. The lowest BCUT2D eigenvalue weighted by Gasteiger charge is -2.43. The van der Waals surface area contributed by atoms with Crippen LogP contribution in [0.5, 0.6) is 0 Å². The van der Waals surface area contributed by atoms with Gasteiger partial charge in [-0.3, -0.25) is 14.1 Å². The lowest BCUT2D eigenvalue weighted by molar-refractivity contribution is -0.296. The molecule has 302 valence electrons. The Morgan fingerprint density at radius 1 is 0.549 bits per heavy atom. The highest BCUT2D eigenvalue weighted by atomic mass is 32.3. The van der Waals surface area contributed by atoms with E-state index in [1.54, 1.807) is 0 Å². The summed E-state index contributed by atoms with van der Waals surface area (Å²) in [5.41, 5.74) is 0. The SMILES string of the molecule is CCCCCCCCCCCCCCCC(=O)O[C@@H]1[C@@H](OC(=O)CCCCCCCCCCCCCCC)[C@@H](OC)O[C@H](CO)[C@H]1OS(=O)(=O)O. The Hall–Kier alpha value is -1.31. The number of hydrogen-bond donors (Lipinski definition) is 2. The number of ether oxygens (including phenoxy) is 4. The van der Waals surface area contributed by atoms with E-state index in [4.69, 9.17) is 23.1 Å². The molecule has 0 bridgehead atoms. The number of hydrogen-bond acceptors (Lipinski definition) is 10. The average Bonchev–Trinajstić information content (AvgIpc) is 3.09. The predicted molar refractivity (Wildman–Crippen MR) is 200 cm³/mol. The zero-order valence-electron chi connectivity index (χ0n) is 32.4. The van der Waals surface area contributed by atoms with Crippen LogP contribution in [0.1, 0.15) is 194 Å². The number of methoxy groups -OCH3 is 1. The summed E-state index contributed by atoms with van der Waals surface area (Å²) in [7, 11) is -3.76. The average molecular weight is 751 g/mol. The Morgan fingerprint density at radius 3 is 1.20 bits per heavy atom. The standard InChI is InChI=1S/C39H74O11S/c1-4-6-8-10-12-14-16-18-20-22-24-26-28-30-34(41)48-37-36(50-51(43,44)45)33(32-40)47-39(46-3)38(37)49-35(42)31-29-27-25-23-21-19-17-15-13-11-9-7-5-2/h33,36-40H,4-32H2,1-3H3,(H,43,44,45)/t33-,36-,37+,38-,39+/m1/s1. The second kappa shape index (κ2) is 31.1. The van der Waals surface area contributed by atoms with E-state index in [2.05, 4.69) is 13.8 Å². The molecule has 0 unspecified atom stereocenters. The Bertz CT molecular complexity index is 961. The number of unbranched alkanes of at least 4 members (excludes halogenated alkanes) is 24. The lowest BCUT2D eigenvalue weighted by atomic mass is 9.98. The molecule has 1 saturated heterocycles. The monoisotopic (exact) mass is 750 g/mol. The fraction of sp³-hybridized carbons (Fsp3) is 0.949. The Balaban J connectivity index is 2.55. The van der Waals surface area contributed by atoms with Gasteiger partial charge in [0.2, 0.25) is 0 Å². The molecule has 51 heavy (non-hydrogen) atoms. The van der Waals surface area contributed by atoms with E-state index in [9.17, 15) is 27.7 Å². The van der Waals surface area contributed by atoms with Crippen molar-refractivity contribution < 1.29 is 50.8 Å². The summed E-state index contributed by atoms with van der Waals surface area (Å²) in [6, 6.07) is 0. The molecule has 1 fully saturated rings. The van der Waals surface area contributed by atoms with Gasteiger partial charge in [-0.25, -0.2) is 4.18 Å². The number of aliphatic hydroxyl groups is 1. The van der Waals surface area contributed by atoms with E-state index in [1.165, 1.54) is 123 Å². The van der Waals surface area contributed by atoms with Crippen LogP contribution in [-0.4, -0.2) is 74.4 Å². The normalized spacial score (nSPS) is 20.8. The van der Waals surface area contributed by atoms with Crippen LogP contribution in [0, 0.1) is 0 Å². The minimum atomic E-state index is -5.05. The molecule has 0 radical (unpaired) electrons. The zero-order chi connectivity index (χ0) is 37.6. The van der Waals surface area contributed by atoms with Crippen molar-refractivity contribution in [1.29, 1.82) is 0 Å². The van der Waals surface area contributed by atoms with Crippen LogP contribution in [-0.2, 0) is 43.1 Å². The van der Waals surface area contributed by atoms with Crippen molar-refractivity contribution in [3.8, 4) is 0 Å². The second-order valence-electron chi connectivity index (χ2n) is 14.3. The zero-order valence-corrected chi connectivity index (χ0v) is 33.2. The van der Waals surface area contributed by atoms with Gasteiger partial charge in [-0.1, -0.05) is 168 Å². The Morgan fingerprint density at radius 2 is 0.882 bits per heavy atom. The summed E-state index contributed by atoms with van der Waals surface area (Å²) in [4.78, 5) is 25.9. The Kier molecular flexibility index (Phi) is 29.1. The fourth-order valence-electron chi connectivity index (χ4n) is 6.73. The third-order valence-corrected chi connectivity index (χ3v) is 10.2. The molecule has 0 aromatic carbocycles. The van der Waals surface area contributed by atoms with Crippen molar-refractivity contribution in [2.24, 2.45) is 0 Å². The van der Waals surface area contributed by atoms with Gasteiger partial charge < -0.3 is 24.1 Å². The Labute approximate surface area is 310 Å². The number of carbonyl (C=O) groups excluding carboxylic acids is 2. The van der Waals surface area contributed by atoms with Gasteiger partial charge in [0.15, 0.2) is 18.5 Å². The molecule has 11 nitrogen and oxygen atoms in total. The summed E-state index contributed by atoms with van der Waals surface area (Å²) < 4.78 is 60.1. The molecule has 1 rings (SSSR count). The van der Waals surface area contributed by atoms with Crippen LogP contribution in [0.2, 0.25) is 0 Å². The van der Waals surface area contributed by atoms with Gasteiger partial charge in [-0.15, -0.1) is 0 Å². The first-order valence-corrected chi connectivity index (χ1v) is 21.9. The molecule has 1 aliphatic heterocycles. The first-order chi connectivity index (χ1) is 24.7. The molecule has 12 heteroatoms. The molecule has 0 amide bonds. The van der Waals surface area contributed by atoms with Gasteiger partial charge in [0.25, 0.3) is 0 Å². The van der Waals surface area contributed by atoms with E-state index in [1.807, 2.05) is 0 Å². The highest BCUT2D eigenvalue weighted by Crippen LogP contribution is 2.30. The van der Waals surface area contributed by atoms with Crippen LogP contribution in [0.3, 0.4) is 0 Å². The van der Waals surface area contributed by atoms with Crippen molar-refractivity contribution in [3.05, 3.63) is 0 Å². The highest BCUT2D eigenvalue weighted by Gasteiger charge is 2.52. The molecular weight excluding hydrogens is 676 g/mol. The molecule has 0 aromatic heterocycles. The largest absolute Gasteiger partial charge is 0.455 e. The number of rotatable bonds is 34. The van der Waals surface area contributed by atoms with Crippen molar-refractivity contribution in [3.63, 3.8) is 0 Å². The minimum absolute atomic E-state index is 0.0643. The summed E-state index contributed by atoms with van der Waals surface area (Å²) in [5, 5.41) is 9.93. The van der Waals surface area contributed by atoms with E-state index in [0.717, 1.165) is 38.5 Å². The van der Waals surface area contributed by atoms with Gasteiger partial charge in [-0.2, -0.15) is 8.42 Å². The van der Waals surface area contributed by atoms with Crippen molar-refractivity contribution >= 4 is 22.3 Å². The summed E-state index contributed by atoms with van der Waals surface area (Å²) in [6.07, 6.45) is 23.2. The van der Waals surface area contributed by atoms with E-state index in [-0.39, 0.29) is 12.8 Å². The summed E-state index contributed by atoms with van der Waals surface area (Å²) in [5.74, 6) is -1.22. The van der Waals surface area contributed by atoms with E-state index >= 15 is 0 Å². The van der Waals surface area contributed by atoms with Crippen LogP contribution in [0.25, 0.3) is 0 Å². The van der Waals surface area contributed by atoms with E-state index in [0.29, 0.717) is 12.8 Å². The van der Waals surface area contributed by atoms with Crippen LogP contribution >= 0.6 is 0 Å². The summed E-state index contributed by atoms with van der Waals surface area (Å²) in [6.45, 7) is 3.73. The van der Waals surface area contributed by atoms with Gasteiger partial charge in [0.05, 0.1) is 6.61 Å². The van der Waals surface area contributed by atoms with Gasteiger partial charge in [0, 0.05) is 20.0 Å². The number of esters is 2. The fourth-order valence-corrected chi connectivity index (χ4v) is 7.24. The first-order valence-electron chi connectivity index (χ1n) is 20.5. The topological polar surface area (TPSA) is 155 Å². The molecular formula is C39H74O11S. The van der Waals surface area contributed by atoms with Crippen LogP contribution in [0.15, 0.2) is 0 Å². The maximum Gasteiger partial charge on any atom is 0.397 e. The van der Waals surface area contributed by atoms with Crippen molar-refractivity contribution in [2.75, 3.05) is 13.7 Å². The predicted octanol–water partition coefficient (Wildman–Crippen LogP) is 9.32. The molecule has 1 heterocycles. The van der Waals surface area contributed by atoms with Gasteiger partial charge in [0.1, 0.15) is 12.2 Å². The van der Waals surface area contributed by atoms with E-state index < -0.39 is 59.7 Å². The van der Waals surface area contributed by atoms with Gasteiger partial charge in [-0.05, 0) is 12.8 Å². The summed E-state index contributed by atoms with van der Waals surface area (Å²) >= 11 is 0. The molecule has 0 aliphatic carbocycles. The smallest absolute Gasteiger partial charge is 0.397 e. The quantitative estimate of drug-likeness (QED) is 0.0367. The molecule has 1 aliphatic rings. The number of carbonyl (C=O) groups is 2. The highest BCUT2D eigenvalue weighted by molar-refractivity contribution is 7.80. The number of aliphatic hydroxyl groups excluding tert-OH is 1. The van der Waals surface area contributed by atoms with Crippen LogP contribution in [0.4, 0.5) is 0 Å². The van der Waals surface area contributed by atoms with Crippen LogP contribution < -0.4 is 0 Å². The molecule has 0 aromatic rings. The second-order valence-corrected chi connectivity index (χ2v) is 15.4. The third-order valence-electron chi connectivity index (χ3n) is 9.74. The van der Waals surface area contributed by atoms with Crippen molar-refractivity contribution in [1.82, 2.24) is 0 Å². The maximum absolute atomic E-state index is 13.0. The lowest BCUT2D eigenvalue weighted by Crippen LogP contribution is -2.62. The van der Waals surface area contributed by atoms with Gasteiger partial charge >= 0.3 is 22.3 Å². The van der Waals surface area contributed by atoms with Crippen molar-refractivity contribution in [2.45, 2.75) is 224 Å². The first kappa shape index (κ1) is 47.7. The molecule has 0 spiro atoms. The third kappa shape index (κ3) is 24.6. The maximum atomic E-state index is 13.0. The molecule has 5 atom stereocenters. The molecule has 0 saturated carbocycles. The minimum Gasteiger partial charge on any atom is -0.455 e.